The highest BCUT2D eigenvalue weighted by Crippen LogP contribution is 2.04. The standard InChI is InChI=1S/C7H16O5/c1-4(9)5(2)12-6(3-8)7(10)11/h4-11H,3H2,1-2H3/t4-,5-,6?/m0/s1. The van der Waals surface area contributed by atoms with E-state index in [0.29, 0.717) is 0 Å². The van der Waals surface area contributed by atoms with Crippen LogP contribution in [-0.2, 0) is 4.74 Å². The van der Waals surface area contributed by atoms with Crippen molar-refractivity contribution in [1.29, 1.82) is 0 Å². The first-order valence-electron chi connectivity index (χ1n) is 3.79. The van der Waals surface area contributed by atoms with Crippen LogP contribution in [0.15, 0.2) is 0 Å². The lowest BCUT2D eigenvalue weighted by Gasteiger charge is -2.23. The topological polar surface area (TPSA) is 90.2 Å². The lowest BCUT2D eigenvalue weighted by molar-refractivity contribution is -0.186. The molecule has 0 radical (unpaired) electrons. The number of ether oxygens (including phenoxy) is 1. The molecule has 0 bridgehead atoms. The lowest BCUT2D eigenvalue weighted by atomic mass is 10.2. The molecule has 1 unspecified atom stereocenters. The largest absolute Gasteiger partial charge is 0.393 e. The predicted molar refractivity (Wildman–Crippen MR) is 41.3 cm³/mol. The maximum atomic E-state index is 8.98. The van der Waals surface area contributed by atoms with Gasteiger partial charge < -0.3 is 25.2 Å². The molecule has 0 aromatic heterocycles. The average molecular weight is 180 g/mol. The normalized spacial score (nSPS) is 19.2. The zero-order valence-corrected chi connectivity index (χ0v) is 7.21. The summed E-state index contributed by atoms with van der Waals surface area (Å²) in [6.45, 7) is 2.60. The maximum absolute atomic E-state index is 8.98. The third-order valence-electron chi connectivity index (χ3n) is 1.58. The van der Waals surface area contributed by atoms with Crippen LogP contribution < -0.4 is 0 Å². The van der Waals surface area contributed by atoms with E-state index in [1.807, 2.05) is 0 Å². The van der Waals surface area contributed by atoms with Crippen molar-refractivity contribution in [2.75, 3.05) is 6.61 Å². The summed E-state index contributed by atoms with van der Waals surface area (Å²) in [6.07, 6.45) is -4.03. The molecule has 5 nitrogen and oxygen atoms in total. The van der Waals surface area contributed by atoms with Crippen LogP contribution in [0.25, 0.3) is 0 Å². The molecule has 0 aliphatic rings. The van der Waals surface area contributed by atoms with E-state index in [4.69, 9.17) is 25.2 Å². The molecule has 0 aliphatic heterocycles. The molecule has 0 aliphatic carbocycles. The molecule has 0 aromatic rings. The maximum Gasteiger partial charge on any atom is 0.180 e. The van der Waals surface area contributed by atoms with Gasteiger partial charge in [-0.15, -0.1) is 0 Å². The first-order valence-corrected chi connectivity index (χ1v) is 3.79. The molecule has 74 valence electrons. The van der Waals surface area contributed by atoms with Gasteiger partial charge in [-0.1, -0.05) is 0 Å². The molecule has 0 saturated carbocycles. The molecule has 0 amide bonds. The summed E-state index contributed by atoms with van der Waals surface area (Å²) >= 11 is 0. The molecule has 0 heterocycles. The minimum Gasteiger partial charge on any atom is -0.393 e. The predicted octanol–water partition coefficient (Wildman–Crippen LogP) is -1.56. The zero-order chi connectivity index (χ0) is 9.72. The van der Waals surface area contributed by atoms with Crippen LogP contribution in [-0.4, -0.2) is 51.6 Å². The SMILES string of the molecule is C[C@H](O)[C@H](C)OC(CO)C(O)O. The molecule has 5 heteroatoms. The van der Waals surface area contributed by atoms with Crippen LogP contribution >= 0.6 is 0 Å². The van der Waals surface area contributed by atoms with Gasteiger partial charge in [0.25, 0.3) is 0 Å². The third-order valence-corrected chi connectivity index (χ3v) is 1.58. The van der Waals surface area contributed by atoms with E-state index in [1.54, 1.807) is 6.92 Å². The van der Waals surface area contributed by atoms with Gasteiger partial charge in [0.2, 0.25) is 0 Å². The highest BCUT2D eigenvalue weighted by molar-refractivity contribution is 4.64. The Morgan fingerprint density at radius 3 is 1.92 bits per heavy atom. The quantitative estimate of drug-likeness (QED) is 0.384. The second-order valence-electron chi connectivity index (χ2n) is 2.72. The van der Waals surface area contributed by atoms with Gasteiger partial charge in [-0.3, -0.25) is 0 Å². The molecule has 0 spiro atoms. The summed E-state index contributed by atoms with van der Waals surface area (Å²) < 4.78 is 4.92. The van der Waals surface area contributed by atoms with Crippen molar-refractivity contribution >= 4 is 0 Å². The Labute approximate surface area is 71.2 Å². The summed E-state index contributed by atoms with van der Waals surface area (Å²) in [5.74, 6) is 0. The lowest BCUT2D eigenvalue weighted by Crippen LogP contribution is -2.38. The van der Waals surface area contributed by atoms with Crippen molar-refractivity contribution in [3.63, 3.8) is 0 Å². The van der Waals surface area contributed by atoms with Crippen LogP contribution in [0.3, 0.4) is 0 Å². The fraction of sp³-hybridized carbons (Fsp3) is 1.00. The van der Waals surface area contributed by atoms with E-state index < -0.39 is 31.2 Å². The third kappa shape index (κ3) is 3.99. The van der Waals surface area contributed by atoms with Crippen molar-refractivity contribution < 1.29 is 25.2 Å². The molecule has 0 fully saturated rings. The highest BCUT2D eigenvalue weighted by Gasteiger charge is 2.21. The Bertz CT molecular complexity index is 114. The first kappa shape index (κ1) is 11.8. The van der Waals surface area contributed by atoms with E-state index in [2.05, 4.69) is 0 Å². The number of hydrogen-bond donors (Lipinski definition) is 4. The molecular formula is C7H16O5. The zero-order valence-electron chi connectivity index (χ0n) is 7.21. The van der Waals surface area contributed by atoms with Gasteiger partial charge >= 0.3 is 0 Å². The van der Waals surface area contributed by atoms with Crippen molar-refractivity contribution in [3.8, 4) is 0 Å². The molecule has 0 saturated heterocycles. The number of hydrogen-bond acceptors (Lipinski definition) is 5. The fourth-order valence-electron chi connectivity index (χ4n) is 0.597. The van der Waals surface area contributed by atoms with Crippen molar-refractivity contribution in [3.05, 3.63) is 0 Å². The van der Waals surface area contributed by atoms with Crippen LogP contribution in [0, 0.1) is 0 Å². The highest BCUT2D eigenvalue weighted by atomic mass is 16.6. The van der Waals surface area contributed by atoms with E-state index in [1.165, 1.54) is 6.92 Å². The molecule has 0 rings (SSSR count). The summed E-state index contributed by atoms with van der Waals surface area (Å²) in [7, 11) is 0. The van der Waals surface area contributed by atoms with Crippen molar-refractivity contribution in [2.45, 2.75) is 38.4 Å². The fourth-order valence-corrected chi connectivity index (χ4v) is 0.597. The molecule has 3 atom stereocenters. The Kier molecular flexibility index (Phi) is 5.36. The minimum atomic E-state index is -1.73. The van der Waals surface area contributed by atoms with Gasteiger partial charge in [-0.25, -0.2) is 0 Å². The van der Waals surface area contributed by atoms with Crippen LogP contribution in [0.5, 0.6) is 0 Å². The van der Waals surface area contributed by atoms with Gasteiger partial charge in [0.1, 0.15) is 6.10 Å². The summed E-state index contributed by atoms with van der Waals surface area (Å²) in [5.41, 5.74) is 0. The van der Waals surface area contributed by atoms with Gasteiger partial charge in [0.15, 0.2) is 6.29 Å². The molecule has 12 heavy (non-hydrogen) atoms. The molecule has 0 aromatic carbocycles. The van der Waals surface area contributed by atoms with Crippen LogP contribution in [0.4, 0.5) is 0 Å². The minimum absolute atomic E-state index is 0.491. The van der Waals surface area contributed by atoms with Crippen molar-refractivity contribution in [2.24, 2.45) is 0 Å². The molecular weight excluding hydrogens is 164 g/mol. The summed E-state index contributed by atoms with van der Waals surface area (Å²) in [6, 6.07) is 0. The van der Waals surface area contributed by atoms with Gasteiger partial charge in [-0.05, 0) is 13.8 Å². The monoisotopic (exact) mass is 180 g/mol. The van der Waals surface area contributed by atoms with E-state index in [0.717, 1.165) is 0 Å². The smallest absolute Gasteiger partial charge is 0.180 e. The van der Waals surface area contributed by atoms with E-state index in [9.17, 15) is 0 Å². The van der Waals surface area contributed by atoms with Gasteiger partial charge in [-0.2, -0.15) is 0 Å². The summed E-state index contributed by atoms with van der Waals surface area (Å²) in [4.78, 5) is 0. The number of rotatable bonds is 5. The van der Waals surface area contributed by atoms with Gasteiger partial charge in [0.05, 0.1) is 18.8 Å². The van der Waals surface area contributed by atoms with Crippen LogP contribution in [0.1, 0.15) is 13.8 Å². The first-order chi connectivity index (χ1) is 5.49. The second-order valence-corrected chi connectivity index (χ2v) is 2.72. The van der Waals surface area contributed by atoms with Gasteiger partial charge in [0, 0.05) is 0 Å². The van der Waals surface area contributed by atoms with E-state index in [-0.39, 0.29) is 0 Å². The Hall–Kier alpha value is -0.200. The number of aliphatic hydroxyl groups excluding tert-OH is 3. The second kappa shape index (κ2) is 5.45. The van der Waals surface area contributed by atoms with Crippen molar-refractivity contribution in [1.82, 2.24) is 0 Å². The number of aliphatic hydroxyl groups is 4. The Morgan fingerprint density at radius 1 is 1.17 bits per heavy atom. The van der Waals surface area contributed by atoms with Crippen LogP contribution in [0.2, 0.25) is 0 Å². The van der Waals surface area contributed by atoms with E-state index >= 15 is 0 Å². The summed E-state index contributed by atoms with van der Waals surface area (Å²) in [5, 5.41) is 34.8. The Morgan fingerprint density at radius 2 is 1.67 bits per heavy atom. The molecule has 4 N–H and O–H groups in total. The average Bonchev–Trinajstić information content (AvgIpc) is 1.98. The Balaban J connectivity index is 3.85.